The van der Waals surface area contributed by atoms with Gasteiger partial charge in [0.2, 0.25) is 28.3 Å². The predicted molar refractivity (Wildman–Crippen MR) is 191 cm³/mol. The minimum absolute atomic E-state index is 0.145. The number of aryl methyl sites for hydroxylation is 1. The number of nitrogens with one attached hydrogen (secondary N) is 2. The number of carbonyl (C=O) groups is 1. The van der Waals surface area contributed by atoms with Gasteiger partial charge < -0.3 is 19.7 Å². The average Bonchev–Trinajstić information content (AvgIpc) is 3.12. The summed E-state index contributed by atoms with van der Waals surface area (Å²) in [6.07, 6.45) is -0.192. The van der Waals surface area contributed by atoms with Gasteiger partial charge in [-0.2, -0.15) is 0 Å². The highest BCUT2D eigenvalue weighted by molar-refractivity contribution is 7.92. The van der Waals surface area contributed by atoms with Gasteiger partial charge in [-0.25, -0.2) is 41.3 Å². The van der Waals surface area contributed by atoms with Gasteiger partial charge in [0, 0.05) is 48.7 Å². The van der Waals surface area contributed by atoms with E-state index in [2.05, 4.69) is 26.9 Å². The Morgan fingerprint density at radius 2 is 1.77 bits per heavy atom. The molecule has 0 saturated carbocycles. The molecule has 0 radical (unpaired) electrons. The summed E-state index contributed by atoms with van der Waals surface area (Å²) in [4.78, 5) is 28.2. The van der Waals surface area contributed by atoms with E-state index in [9.17, 15) is 22.0 Å². The van der Waals surface area contributed by atoms with Crippen LogP contribution in [0.4, 0.5) is 29.6 Å². The first kappa shape index (κ1) is 36.4. The molecule has 2 atom stereocenters. The summed E-state index contributed by atoms with van der Waals surface area (Å²) in [6.45, 7) is 4.98. The summed E-state index contributed by atoms with van der Waals surface area (Å²) < 4.78 is 79.6. The average molecular weight is 735 g/mol. The highest BCUT2D eigenvalue weighted by Gasteiger charge is 2.29. The summed E-state index contributed by atoms with van der Waals surface area (Å²) in [5.41, 5.74) is 2.18. The fourth-order valence-electron chi connectivity index (χ4n) is 6.09. The lowest BCUT2D eigenvalue weighted by Gasteiger charge is -2.36. The molecule has 0 bridgehead atoms. The van der Waals surface area contributed by atoms with Crippen molar-refractivity contribution >= 4 is 38.5 Å². The number of fused-ring (bicyclic) bond motifs is 1. The minimum atomic E-state index is -4.28. The van der Waals surface area contributed by atoms with E-state index in [0.717, 1.165) is 18.1 Å². The number of likely N-dealkylation sites (tertiary alicyclic amines) is 1. The van der Waals surface area contributed by atoms with Gasteiger partial charge in [-0.1, -0.05) is 49.4 Å². The Hall–Kier alpha value is -5.44. The molecule has 5 aromatic rings. The molecule has 1 saturated heterocycles. The topological polar surface area (TPSA) is 136 Å². The molecular formula is C37H37F3N6O5S. The molecule has 11 nitrogen and oxygen atoms in total. The van der Waals surface area contributed by atoms with Crippen LogP contribution >= 0.6 is 0 Å². The normalized spacial score (nSPS) is 16.2. The van der Waals surface area contributed by atoms with Crippen LogP contribution in [0.15, 0.2) is 85.2 Å². The highest BCUT2D eigenvalue weighted by Crippen LogP contribution is 2.40. The maximum absolute atomic E-state index is 15.0. The number of aromatic nitrogens is 3. The van der Waals surface area contributed by atoms with E-state index in [1.54, 1.807) is 42.3 Å². The van der Waals surface area contributed by atoms with Gasteiger partial charge in [-0.15, -0.1) is 0 Å². The summed E-state index contributed by atoms with van der Waals surface area (Å²) >= 11 is 0. The van der Waals surface area contributed by atoms with E-state index >= 15 is 4.39 Å². The molecular weight excluding hydrogens is 698 g/mol. The van der Waals surface area contributed by atoms with Crippen molar-refractivity contribution in [2.45, 2.75) is 45.8 Å². The van der Waals surface area contributed by atoms with Crippen LogP contribution in [0.1, 0.15) is 30.9 Å². The van der Waals surface area contributed by atoms with Crippen LogP contribution in [-0.2, 0) is 21.4 Å². The Morgan fingerprint density at radius 3 is 2.56 bits per heavy atom. The number of ether oxygens (including phenoxy) is 2. The largest absolute Gasteiger partial charge is 0.445 e. The molecule has 15 heteroatoms. The highest BCUT2D eigenvalue weighted by atomic mass is 32.2. The van der Waals surface area contributed by atoms with Crippen molar-refractivity contribution < 1.29 is 35.9 Å². The summed E-state index contributed by atoms with van der Waals surface area (Å²) in [7, 11) is -4.28. The summed E-state index contributed by atoms with van der Waals surface area (Å²) in [5.74, 6) is -0.755. The van der Waals surface area contributed by atoms with Crippen LogP contribution in [0.3, 0.4) is 0 Å². The number of benzene rings is 3. The lowest BCUT2D eigenvalue weighted by molar-refractivity contribution is 0.0783. The van der Waals surface area contributed by atoms with E-state index in [4.69, 9.17) is 14.5 Å². The number of halogens is 3. The van der Waals surface area contributed by atoms with E-state index in [1.165, 1.54) is 18.3 Å². The second-order valence-electron chi connectivity index (χ2n) is 12.7. The van der Waals surface area contributed by atoms with Gasteiger partial charge in [0.25, 0.3) is 0 Å². The first-order valence-electron chi connectivity index (χ1n) is 16.6. The molecule has 1 amide bonds. The Kier molecular flexibility index (Phi) is 11.1. The third-order valence-corrected chi connectivity index (χ3v) is 9.81. The zero-order valence-corrected chi connectivity index (χ0v) is 29.2. The van der Waals surface area contributed by atoms with Crippen LogP contribution < -0.4 is 14.8 Å². The number of rotatable bonds is 12. The van der Waals surface area contributed by atoms with Gasteiger partial charge >= 0.3 is 6.09 Å². The van der Waals surface area contributed by atoms with E-state index in [1.807, 2.05) is 30.3 Å². The van der Waals surface area contributed by atoms with Gasteiger partial charge in [0.05, 0.1) is 22.7 Å². The molecule has 272 valence electrons. The summed E-state index contributed by atoms with van der Waals surface area (Å²) in [6, 6.07) is 20.2. The van der Waals surface area contributed by atoms with Gasteiger partial charge in [-0.05, 0) is 60.7 Å². The standard InChI is InChI=1S/C37H37F3N6O5S/c1-23-19-26(21-46(20-23)37(47)50-22-25-7-4-3-5-8-25)43-36-42-17-14-31(44-36)29-9-6-16-41-35(29)51-34-24(2)10-11-27-28(34)12-13-30(38)33(27)45-52(48,49)18-15-32(39)40/h3-14,16-17,23,26,32,45H,15,18-22H2,1-2H3,(H,42,43,44)/t23-,26+/m1/s1. The fraction of sp³-hybridized carbons (Fsp3) is 0.297. The Bertz CT molecular complexity index is 2160. The molecule has 6 rings (SSSR count). The van der Waals surface area contributed by atoms with Gasteiger partial charge in [0.1, 0.15) is 18.2 Å². The van der Waals surface area contributed by atoms with Crippen LogP contribution in [-0.4, -0.2) is 65.7 Å². The van der Waals surface area contributed by atoms with Crippen LogP contribution in [0.5, 0.6) is 11.6 Å². The van der Waals surface area contributed by atoms with Crippen molar-refractivity contribution in [2.24, 2.45) is 5.92 Å². The molecule has 0 unspecified atom stereocenters. The molecule has 52 heavy (non-hydrogen) atoms. The maximum Gasteiger partial charge on any atom is 0.410 e. The zero-order valence-electron chi connectivity index (χ0n) is 28.4. The Balaban J connectivity index is 1.21. The van der Waals surface area contributed by atoms with E-state index in [-0.39, 0.29) is 41.3 Å². The smallest absolute Gasteiger partial charge is 0.410 e. The first-order chi connectivity index (χ1) is 25.0. The van der Waals surface area contributed by atoms with Crippen molar-refractivity contribution in [3.05, 3.63) is 102 Å². The third-order valence-electron chi connectivity index (χ3n) is 8.52. The number of piperidine rings is 1. The lowest BCUT2D eigenvalue weighted by Crippen LogP contribution is -2.48. The number of anilines is 2. The van der Waals surface area contributed by atoms with Crippen molar-refractivity contribution in [3.8, 4) is 22.9 Å². The summed E-state index contributed by atoms with van der Waals surface area (Å²) in [5, 5.41) is 3.90. The molecule has 2 N–H and O–H groups in total. The van der Waals surface area contributed by atoms with Crippen molar-refractivity contribution in [3.63, 3.8) is 0 Å². The monoisotopic (exact) mass is 734 g/mol. The fourth-order valence-corrected chi connectivity index (χ4v) is 7.20. The maximum atomic E-state index is 15.0. The van der Waals surface area contributed by atoms with Crippen LogP contribution in [0.2, 0.25) is 0 Å². The number of carbonyl (C=O) groups excluding carboxylic acids is 1. The van der Waals surface area contributed by atoms with Gasteiger partial charge in [-0.3, -0.25) is 4.72 Å². The number of hydrogen-bond donors (Lipinski definition) is 2. The van der Waals surface area contributed by atoms with E-state index in [0.29, 0.717) is 41.2 Å². The number of amides is 1. The number of pyridine rings is 1. The minimum Gasteiger partial charge on any atom is -0.445 e. The van der Waals surface area contributed by atoms with Crippen molar-refractivity contribution in [1.29, 1.82) is 0 Å². The predicted octanol–water partition coefficient (Wildman–Crippen LogP) is 7.79. The molecule has 1 aliphatic heterocycles. The number of sulfonamides is 1. The second-order valence-corrected chi connectivity index (χ2v) is 14.5. The molecule has 1 aliphatic rings. The van der Waals surface area contributed by atoms with Crippen molar-refractivity contribution in [2.75, 3.05) is 28.9 Å². The number of alkyl halides is 2. The molecule has 0 spiro atoms. The third kappa shape index (κ3) is 8.88. The second kappa shape index (κ2) is 15.8. The van der Waals surface area contributed by atoms with Crippen LogP contribution in [0, 0.1) is 18.7 Å². The number of nitrogens with zero attached hydrogens (tertiary/aromatic N) is 4. The lowest BCUT2D eigenvalue weighted by atomic mass is 9.96. The molecule has 1 fully saturated rings. The first-order valence-corrected chi connectivity index (χ1v) is 18.3. The number of hydrogen-bond acceptors (Lipinski definition) is 9. The molecule has 0 aliphatic carbocycles. The zero-order chi connectivity index (χ0) is 36.8. The van der Waals surface area contributed by atoms with Crippen molar-refractivity contribution in [1.82, 2.24) is 19.9 Å². The van der Waals surface area contributed by atoms with Crippen LogP contribution in [0.25, 0.3) is 22.0 Å². The quantitative estimate of drug-likeness (QED) is 0.132. The SMILES string of the molecule is Cc1ccc2c(NS(=O)(=O)CCC(F)F)c(F)ccc2c1Oc1ncccc1-c1ccnc(N[C@H]2C[C@@H](C)CN(C(=O)OCc3ccccc3)C2)n1. The van der Waals surface area contributed by atoms with Gasteiger partial charge in [0.15, 0.2) is 0 Å². The molecule has 3 heterocycles. The Labute approximate surface area is 299 Å². The molecule has 3 aromatic carbocycles. The van der Waals surface area contributed by atoms with E-state index < -0.39 is 40.5 Å². The Morgan fingerprint density at radius 1 is 0.981 bits per heavy atom. The molecule has 2 aromatic heterocycles.